The molecule has 3 rings (SSSR count). The first-order chi connectivity index (χ1) is 9.74. The lowest BCUT2D eigenvalue weighted by atomic mass is 10.1. The van der Waals surface area contributed by atoms with Crippen LogP contribution in [0.5, 0.6) is 0 Å². The third kappa shape index (κ3) is 2.70. The molecule has 0 aliphatic carbocycles. The van der Waals surface area contributed by atoms with Gasteiger partial charge in [-0.3, -0.25) is 4.90 Å². The molecule has 0 N–H and O–H groups in total. The lowest BCUT2D eigenvalue weighted by Crippen LogP contribution is -2.46. The molecule has 1 aliphatic rings. The van der Waals surface area contributed by atoms with Crippen LogP contribution in [0.4, 0.5) is 5.69 Å². The number of piperazine rings is 1. The Morgan fingerprint density at radius 2 is 1.75 bits per heavy atom. The summed E-state index contributed by atoms with van der Waals surface area (Å²) >= 11 is 0. The Bertz CT molecular complexity index is 537. The molecule has 0 bridgehead atoms. The minimum Gasteiger partial charge on any atom is -0.369 e. The summed E-state index contributed by atoms with van der Waals surface area (Å²) in [5.74, 6) is 0.952. The fourth-order valence-electron chi connectivity index (χ4n) is 2.75. The van der Waals surface area contributed by atoms with E-state index in [0.717, 1.165) is 44.2 Å². The van der Waals surface area contributed by atoms with Gasteiger partial charge in [-0.05, 0) is 26.0 Å². The van der Waals surface area contributed by atoms with Crippen molar-refractivity contribution in [2.75, 3.05) is 31.1 Å². The van der Waals surface area contributed by atoms with Gasteiger partial charge in [0, 0.05) is 44.0 Å². The van der Waals surface area contributed by atoms with Crippen LogP contribution in [0.2, 0.25) is 0 Å². The number of hydrogen-bond donors (Lipinski definition) is 0. The summed E-state index contributed by atoms with van der Waals surface area (Å²) in [7, 11) is 0. The number of benzene rings is 1. The van der Waals surface area contributed by atoms with E-state index in [0.29, 0.717) is 0 Å². The van der Waals surface area contributed by atoms with Crippen LogP contribution in [0, 0.1) is 13.8 Å². The third-order valence-corrected chi connectivity index (χ3v) is 4.06. The molecule has 1 aliphatic heterocycles. The maximum absolute atomic E-state index is 5.24. The van der Waals surface area contributed by atoms with E-state index in [-0.39, 0.29) is 0 Å². The van der Waals surface area contributed by atoms with E-state index in [1.807, 2.05) is 13.8 Å². The number of aromatic nitrogens is 1. The molecule has 1 saturated heterocycles. The topological polar surface area (TPSA) is 32.5 Å². The average Bonchev–Trinajstić information content (AvgIpc) is 2.81. The highest BCUT2D eigenvalue weighted by atomic mass is 16.5. The normalized spacial score (nSPS) is 16.6. The van der Waals surface area contributed by atoms with Gasteiger partial charge in [0.25, 0.3) is 0 Å². The van der Waals surface area contributed by atoms with Crippen molar-refractivity contribution < 1.29 is 4.52 Å². The summed E-state index contributed by atoms with van der Waals surface area (Å²) in [5.41, 5.74) is 3.59. The van der Waals surface area contributed by atoms with Gasteiger partial charge < -0.3 is 9.42 Å². The minimum atomic E-state index is 0.948. The molecule has 0 saturated carbocycles. The van der Waals surface area contributed by atoms with Crippen molar-refractivity contribution in [1.29, 1.82) is 0 Å². The van der Waals surface area contributed by atoms with E-state index in [4.69, 9.17) is 4.52 Å². The Morgan fingerprint density at radius 1 is 1.05 bits per heavy atom. The van der Waals surface area contributed by atoms with E-state index >= 15 is 0 Å². The lowest BCUT2D eigenvalue weighted by Gasteiger charge is -2.36. The first-order valence-corrected chi connectivity index (χ1v) is 7.18. The molecular weight excluding hydrogens is 250 g/mol. The SMILES string of the molecule is Cc1noc(C)c1CN1CCN(c2ccccc2)CC1. The van der Waals surface area contributed by atoms with Crippen LogP contribution in [0.25, 0.3) is 0 Å². The van der Waals surface area contributed by atoms with Crippen molar-refractivity contribution in [3.63, 3.8) is 0 Å². The third-order valence-electron chi connectivity index (χ3n) is 4.06. The van der Waals surface area contributed by atoms with Crippen LogP contribution in [-0.2, 0) is 6.54 Å². The van der Waals surface area contributed by atoms with Crippen molar-refractivity contribution >= 4 is 5.69 Å². The molecule has 2 aromatic rings. The Balaban J connectivity index is 1.59. The van der Waals surface area contributed by atoms with E-state index in [1.54, 1.807) is 0 Å². The zero-order valence-corrected chi connectivity index (χ0v) is 12.2. The van der Waals surface area contributed by atoms with Gasteiger partial charge in [-0.2, -0.15) is 0 Å². The van der Waals surface area contributed by atoms with Gasteiger partial charge in [0.15, 0.2) is 0 Å². The monoisotopic (exact) mass is 271 g/mol. The molecule has 1 aromatic carbocycles. The summed E-state index contributed by atoms with van der Waals surface area (Å²) in [6.07, 6.45) is 0. The molecule has 20 heavy (non-hydrogen) atoms. The van der Waals surface area contributed by atoms with Gasteiger partial charge in [0.1, 0.15) is 5.76 Å². The summed E-state index contributed by atoms with van der Waals surface area (Å²) in [6.45, 7) is 9.28. The highest BCUT2D eigenvalue weighted by Crippen LogP contribution is 2.19. The fourth-order valence-corrected chi connectivity index (χ4v) is 2.75. The Morgan fingerprint density at radius 3 is 2.35 bits per heavy atom. The van der Waals surface area contributed by atoms with Crippen LogP contribution >= 0.6 is 0 Å². The second kappa shape index (κ2) is 5.67. The minimum absolute atomic E-state index is 0.948. The van der Waals surface area contributed by atoms with Gasteiger partial charge in [-0.15, -0.1) is 0 Å². The summed E-state index contributed by atoms with van der Waals surface area (Å²) < 4.78 is 5.24. The number of hydrogen-bond acceptors (Lipinski definition) is 4. The number of anilines is 1. The maximum atomic E-state index is 5.24. The molecule has 4 heteroatoms. The summed E-state index contributed by atoms with van der Waals surface area (Å²) in [4.78, 5) is 4.93. The van der Waals surface area contributed by atoms with E-state index in [1.165, 1.54) is 11.3 Å². The summed E-state index contributed by atoms with van der Waals surface area (Å²) in [5, 5.41) is 4.03. The van der Waals surface area contributed by atoms with Crippen molar-refractivity contribution in [3.05, 3.63) is 47.3 Å². The highest BCUT2D eigenvalue weighted by Gasteiger charge is 2.19. The van der Waals surface area contributed by atoms with Crippen LogP contribution in [0.1, 0.15) is 17.0 Å². The molecule has 2 heterocycles. The molecule has 0 amide bonds. The van der Waals surface area contributed by atoms with Crippen LogP contribution in [-0.4, -0.2) is 36.2 Å². The predicted molar refractivity (Wildman–Crippen MR) is 79.9 cm³/mol. The van der Waals surface area contributed by atoms with Crippen LogP contribution in [0.15, 0.2) is 34.9 Å². The summed E-state index contributed by atoms with van der Waals surface area (Å²) in [6, 6.07) is 10.6. The Hall–Kier alpha value is -1.81. The molecule has 106 valence electrons. The average molecular weight is 271 g/mol. The lowest BCUT2D eigenvalue weighted by molar-refractivity contribution is 0.248. The predicted octanol–water partition coefficient (Wildman–Crippen LogP) is 2.61. The quantitative estimate of drug-likeness (QED) is 0.859. The zero-order chi connectivity index (χ0) is 13.9. The second-order valence-corrected chi connectivity index (χ2v) is 5.40. The van der Waals surface area contributed by atoms with Crippen LogP contribution in [0.3, 0.4) is 0 Å². The number of nitrogens with zero attached hydrogens (tertiary/aromatic N) is 3. The van der Waals surface area contributed by atoms with Crippen molar-refractivity contribution in [3.8, 4) is 0 Å². The smallest absolute Gasteiger partial charge is 0.138 e. The standard InChI is InChI=1S/C16H21N3O/c1-13-16(14(2)20-17-13)12-18-8-10-19(11-9-18)15-6-4-3-5-7-15/h3-7H,8-12H2,1-2H3. The Kier molecular flexibility index (Phi) is 3.74. The highest BCUT2D eigenvalue weighted by molar-refractivity contribution is 5.46. The van der Waals surface area contributed by atoms with Gasteiger partial charge in [0.05, 0.1) is 5.69 Å². The van der Waals surface area contributed by atoms with Gasteiger partial charge >= 0.3 is 0 Å². The molecular formula is C16H21N3O. The van der Waals surface area contributed by atoms with E-state index < -0.39 is 0 Å². The van der Waals surface area contributed by atoms with Crippen LogP contribution < -0.4 is 4.90 Å². The largest absolute Gasteiger partial charge is 0.369 e. The molecule has 0 spiro atoms. The van der Waals surface area contributed by atoms with Crippen molar-refractivity contribution in [2.24, 2.45) is 0 Å². The van der Waals surface area contributed by atoms with Crippen molar-refractivity contribution in [2.45, 2.75) is 20.4 Å². The molecule has 1 aromatic heterocycles. The first-order valence-electron chi connectivity index (χ1n) is 7.18. The molecule has 0 atom stereocenters. The van der Waals surface area contributed by atoms with E-state index in [9.17, 15) is 0 Å². The number of rotatable bonds is 3. The molecule has 4 nitrogen and oxygen atoms in total. The van der Waals surface area contributed by atoms with Gasteiger partial charge in [0.2, 0.25) is 0 Å². The van der Waals surface area contributed by atoms with Gasteiger partial charge in [-0.25, -0.2) is 0 Å². The Labute approximate surface area is 120 Å². The molecule has 0 radical (unpaired) electrons. The maximum Gasteiger partial charge on any atom is 0.138 e. The second-order valence-electron chi connectivity index (χ2n) is 5.40. The molecule has 1 fully saturated rings. The zero-order valence-electron chi connectivity index (χ0n) is 12.2. The fraction of sp³-hybridized carbons (Fsp3) is 0.438. The number of aryl methyl sites for hydroxylation is 2. The molecule has 0 unspecified atom stereocenters. The van der Waals surface area contributed by atoms with Crippen molar-refractivity contribution in [1.82, 2.24) is 10.1 Å². The van der Waals surface area contributed by atoms with E-state index in [2.05, 4.69) is 45.3 Å². The number of para-hydroxylation sites is 1. The first kappa shape index (κ1) is 13.2. The van der Waals surface area contributed by atoms with Gasteiger partial charge in [-0.1, -0.05) is 23.4 Å².